The highest BCUT2D eigenvalue weighted by Crippen LogP contribution is 2.36. The number of aromatic nitrogens is 1. The Morgan fingerprint density at radius 3 is 2.67 bits per heavy atom. The lowest BCUT2D eigenvalue weighted by molar-refractivity contribution is -0.136. The maximum Gasteiger partial charge on any atom is 0.305 e. The second-order valence-corrected chi connectivity index (χ2v) is 9.14. The molecule has 2 heterocycles. The number of anilines is 1. The number of aryl methyl sites for hydroxylation is 1. The molecule has 0 saturated heterocycles. The van der Waals surface area contributed by atoms with Crippen molar-refractivity contribution in [3.05, 3.63) is 33.0 Å². The van der Waals surface area contributed by atoms with E-state index in [2.05, 4.69) is 29.3 Å². The van der Waals surface area contributed by atoms with Crippen LogP contribution in [0.1, 0.15) is 60.4 Å². The Hall–Kier alpha value is -1.44. The van der Waals surface area contributed by atoms with Crippen molar-refractivity contribution < 1.29 is 14.6 Å². The zero-order valence-electron chi connectivity index (χ0n) is 16.0. The highest BCUT2D eigenvalue weighted by molar-refractivity contribution is 7.14. The van der Waals surface area contributed by atoms with Gasteiger partial charge in [-0.15, -0.1) is 22.7 Å². The molecular formula is C20H28N2O3S2. The van der Waals surface area contributed by atoms with Gasteiger partial charge in [0.05, 0.1) is 24.8 Å². The van der Waals surface area contributed by atoms with Gasteiger partial charge in [0.15, 0.2) is 5.13 Å². The predicted molar refractivity (Wildman–Crippen MR) is 111 cm³/mol. The first-order valence-electron chi connectivity index (χ1n) is 9.61. The van der Waals surface area contributed by atoms with E-state index in [1.54, 1.807) is 29.8 Å². The number of carboxylic acids is 1. The summed E-state index contributed by atoms with van der Waals surface area (Å²) in [6, 6.07) is 4.31. The second-order valence-electron chi connectivity index (χ2n) is 7.05. The number of methoxy groups -OCH3 is 1. The number of carbonyl (C=O) groups is 1. The molecule has 1 aliphatic carbocycles. The average Bonchev–Trinajstić information content (AvgIpc) is 3.34. The van der Waals surface area contributed by atoms with Crippen LogP contribution in [0.4, 0.5) is 5.13 Å². The molecule has 1 fully saturated rings. The van der Waals surface area contributed by atoms with Gasteiger partial charge in [0.25, 0.3) is 0 Å². The number of thiophene rings is 1. The molecule has 5 nitrogen and oxygen atoms in total. The summed E-state index contributed by atoms with van der Waals surface area (Å²) >= 11 is 3.44. The van der Waals surface area contributed by atoms with Crippen LogP contribution in [0.3, 0.4) is 0 Å². The van der Waals surface area contributed by atoms with Gasteiger partial charge in [0.1, 0.15) is 0 Å². The summed E-state index contributed by atoms with van der Waals surface area (Å²) < 4.78 is 5.47. The number of hydrogen-bond acceptors (Lipinski definition) is 6. The van der Waals surface area contributed by atoms with Crippen LogP contribution >= 0.6 is 22.7 Å². The summed E-state index contributed by atoms with van der Waals surface area (Å²) in [6.07, 6.45) is 5.95. The summed E-state index contributed by atoms with van der Waals surface area (Å²) in [5.41, 5.74) is 1.16. The zero-order chi connectivity index (χ0) is 19.2. The molecule has 0 bridgehead atoms. The number of thiazole rings is 1. The highest BCUT2D eigenvalue weighted by Gasteiger charge is 2.25. The Labute approximate surface area is 169 Å². The van der Waals surface area contributed by atoms with Crippen LogP contribution in [-0.2, 0) is 22.5 Å². The normalized spacial score (nSPS) is 19.9. The fourth-order valence-corrected chi connectivity index (χ4v) is 5.47. The maximum absolute atomic E-state index is 11.1. The molecule has 0 aliphatic heterocycles. The van der Waals surface area contributed by atoms with E-state index >= 15 is 0 Å². The summed E-state index contributed by atoms with van der Waals surface area (Å²) in [5, 5.41) is 12.2. The van der Waals surface area contributed by atoms with Crippen LogP contribution in [0.5, 0.6) is 0 Å². The molecule has 1 saturated carbocycles. The van der Waals surface area contributed by atoms with E-state index in [0.29, 0.717) is 18.6 Å². The summed E-state index contributed by atoms with van der Waals surface area (Å²) in [5.74, 6) is -0.272. The van der Waals surface area contributed by atoms with Crippen LogP contribution in [0, 0.1) is 0 Å². The summed E-state index contributed by atoms with van der Waals surface area (Å²) in [4.78, 5) is 20.7. The monoisotopic (exact) mass is 408 g/mol. The molecule has 0 amide bonds. The minimum atomic E-state index is -0.768. The average molecular weight is 409 g/mol. The van der Waals surface area contributed by atoms with E-state index < -0.39 is 5.97 Å². The number of aliphatic carboxylic acids is 1. The first kappa shape index (κ1) is 20.3. The van der Waals surface area contributed by atoms with Crippen LogP contribution in [0.25, 0.3) is 0 Å². The molecule has 2 aromatic rings. The Morgan fingerprint density at radius 1 is 1.30 bits per heavy atom. The quantitative estimate of drug-likeness (QED) is 0.638. The Bertz CT molecular complexity index is 735. The molecule has 2 aromatic heterocycles. The molecule has 0 unspecified atom stereocenters. The molecule has 3 rings (SSSR count). The van der Waals surface area contributed by atoms with Crippen molar-refractivity contribution in [3.63, 3.8) is 0 Å². The van der Waals surface area contributed by atoms with Crippen molar-refractivity contribution >= 4 is 33.8 Å². The lowest BCUT2D eigenvalue weighted by atomic mass is 9.86. The van der Waals surface area contributed by atoms with Crippen LogP contribution in [0.15, 0.2) is 17.5 Å². The van der Waals surface area contributed by atoms with Gasteiger partial charge in [-0.1, -0.05) is 6.92 Å². The predicted octanol–water partition coefficient (Wildman–Crippen LogP) is 4.92. The van der Waals surface area contributed by atoms with Gasteiger partial charge in [-0.25, -0.2) is 4.98 Å². The number of carboxylic acid groups (broad SMARTS) is 1. The van der Waals surface area contributed by atoms with Gasteiger partial charge in [0, 0.05) is 34.7 Å². The largest absolute Gasteiger partial charge is 0.481 e. The van der Waals surface area contributed by atoms with Crippen molar-refractivity contribution in [2.45, 2.75) is 64.0 Å². The molecular weight excluding hydrogens is 380 g/mol. The van der Waals surface area contributed by atoms with Gasteiger partial charge in [-0.05, 0) is 44.2 Å². The van der Waals surface area contributed by atoms with E-state index in [-0.39, 0.29) is 6.42 Å². The third-order valence-electron chi connectivity index (χ3n) is 5.21. The molecule has 0 radical (unpaired) electrons. The van der Waals surface area contributed by atoms with Gasteiger partial charge in [-0.2, -0.15) is 0 Å². The minimum absolute atomic E-state index is 0.125. The molecule has 0 aromatic carbocycles. The van der Waals surface area contributed by atoms with Gasteiger partial charge in [0.2, 0.25) is 0 Å². The van der Waals surface area contributed by atoms with Gasteiger partial charge >= 0.3 is 5.97 Å². The third-order valence-corrected chi connectivity index (χ3v) is 7.35. The number of hydrogen-bond donors (Lipinski definition) is 1. The topological polar surface area (TPSA) is 62.7 Å². The lowest BCUT2D eigenvalue weighted by Crippen LogP contribution is -2.25. The SMILES string of the molecule is CCc1ccc(CN(CCC(=O)O)c2nc(C3CCC(OC)CC3)cs2)s1. The van der Waals surface area contributed by atoms with Gasteiger partial charge < -0.3 is 14.7 Å². The summed E-state index contributed by atoms with van der Waals surface area (Å²) in [6.45, 7) is 3.36. The lowest BCUT2D eigenvalue weighted by Gasteiger charge is -2.26. The Kier molecular flexibility index (Phi) is 7.26. The van der Waals surface area contributed by atoms with Crippen molar-refractivity contribution in [2.75, 3.05) is 18.6 Å². The molecule has 0 spiro atoms. The van der Waals surface area contributed by atoms with Crippen molar-refractivity contribution in [1.82, 2.24) is 4.98 Å². The van der Waals surface area contributed by atoms with E-state index in [0.717, 1.165) is 49.5 Å². The first-order valence-corrected chi connectivity index (χ1v) is 11.3. The van der Waals surface area contributed by atoms with Crippen LogP contribution < -0.4 is 4.90 Å². The molecule has 0 atom stereocenters. The van der Waals surface area contributed by atoms with E-state index in [1.807, 2.05) is 0 Å². The second kappa shape index (κ2) is 9.66. The highest BCUT2D eigenvalue weighted by atomic mass is 32.1. The molecule has 27 heavy (non-hydrogen) atoms. The smallest absolute Gasteiger partial charge is 0.305 e. The molecule has 7 heteroatoms. The standard InChI is InChI=1S/C20H28N2O3S2/c1-3-16-8-9-17(27-16)12-22(11-10-19(23)24)20-21-18(13-26-20)14-4-6-15(25-2)7-5-14/h8-9,13-15H,3-7,10-12H2,1-2H3,(H,23,24). The number of nitrogens with zero attached hydrogens (tertiary/aromatic N) is 2. The zero-order valence-corrected chi connectivity index (χ0v) is 17.7. The number of rotatable bonds is 9. The molecule has 1 N–H and O–H groups in total. The Morgan fingerprint density at radius 2 is 2.04 bits per heavy atom. The molecule has 148 valence electrons. The Balaban J connectivity index is 1.70. The van der Waals surface area contributed by atoms with Crippen molar-refractivity contribution in [3.8, 4) is 0 Å². The van der Waals surface area contributed by atoms with E-state index in [4.69, 9.17) is 14.8 Å². The fourth-order valence-electron chi connectivity index (χ4n) is 3.56. The first-order chi connectivity index (χ1) is 13.1. The summed E-state index contributed by atoms with van der Waals surface area (Å²) in [7, 11) is 1.79. The molecule has 1 aliphatic rings. The van der Waals surface area contributed by atoms with E-state index in [9.17, 15) is 4.79 Å². The van der Waals surface area contributed by atoms with Crippen molar-refractivity contribution in [2.24, 2.45) is 0 Å². The van der Waals surface area contributed by atoms with Crippen molar-refractivity contribution in [1.29, 1.82) is 0 Å². The minimum Gasteiger partial charge on any atom is -0.481 e. The maximum atomic E-state index is 11.1. The number of ether oxygens (including phenoxy) is 1. The third kappa shape index (κ3) is 5.53. The van der Waals surface area contributed by atoms with E-state index in [1.165, 1.54) is 9.75 Å². The van der Waals surface area contributed by atoms with Crippen LogP contribution in [0.2, 0.25) is 0 Å². The van der Waals surface area contributed by atoms with Gasteiger partial charge in [-0.3, -0.25) is 4.79 Å². The fraction of sp³-hybridized carbons (Fsp3) is 0.600. The van der Waals surface area contributed by atoms with Crippen LogP contribution in [-0.4, -0.2) is 35.8 Å².